The second-order valence-electron chi connectivity index (χ2n) is 8.81. The highest BCUT2D eigenvalue weighted by molar-refractivity contribution is 6.32. The highest BCUT2D eigenvalue weighted by Gasteiger charge is 2.44. The molecule has 3 aromatic rings. The molecule has 0 saturated heterocycles. The lowest BCUT2D eigenvalue weighted by Gasteiger charge is -2.27. The Kier molecular flexibility index (Phi) is 7.06. The van der Waals surface area contributed by atoms with Crippen LogP contribution in [-0.4, -0.2) is 28.2 Å². The van der Waals surface area contributed by atoms with E-state index in [-0.39, 0.29) is 23.5 Å². The van der Waals surface area contributed by atoms with Crippen molar-refractivity contribution in [2.45, 2.75) is 24.7 Å². The molecule has 1 atom stereocenters. The molecular weight excluding hydrogens is 554 g/mol. The standard InChI is InChI=1S/C25H17ClF6N4O3/c1-23(15-5-3-2-4-6-15)13-35(34-21(23)14-7-9-17(19(26)11-14)24(27,28)29)22(37)33-16-8-10-18(25(30,31)32)20(12-16)36(38)39/h2-12H,13H2,1H3,(H,33,37). The van der Waals surface area contributed by atoms with Crippen molar-refractivity contribution in [1.29, 1.82) is 0 Å². The summed E-state index contributed by atoms with van der Waals surface area (Å²) in [6.45, 7) is 1.60. The van der Waals surface area contributed by atoms with Gasteiger partial charge in [0, 0.05) is 17.3 Å². The Hall–Kier alpha value is -4.13. The Labute approximate surface area is 221 Å². The first kappa shape index (κ1) is 27.9. The van der Waals surface area contributed by atoms with Crippen LogP contribution in [-0.2, 0) is 17.8 Å². The summed E-state index contributed by atoms with van der Waals surface area (Å²) in [6, 6.07) is 12.7. The number of amides is 2. The molecule has 1 aliphatic rings. The van der Waals surface area contributed by atoms with Crippen molar-refractivity contribution in [3.8, 4) is 0 Å². The van der Waals surface area contributed by atoms with Crippen LogP contribution in [0, 0.1) is 10.1 Å². The zero-order chi connectivity index (χ0) is 28.8. The molecule has 3 aromatic carbocycles. The van der Waals surface area contributed by atoms with Gasteiger partial charge in [0.05, 0.1) is 33.2 Å². The van der Waals surface area contributed by atoms with E-state index in [9.17, 15) is 41.3 Å². The van der Waals surface area contributed by atoms with E-state index in [4.69, 9.17) is 11.6 Å². The number of hydrogen-bond donors (Lipinski definition) is 1. The molecule has 1 heterocycles. The Balaban J connectivity index is 1.71. The number of carbonyl (C=O) groups is 1. The van der Waals surface area contributed by atoms with Gasteiger partial charge in [-0.25, -0.2) is 9.80 Å². The van der Waals surface area contributed by atoms with Gasteiger partial charge in [-0.15, -0.1) is 0 Å². The van der Waals surface area contributed by atoms with E-state index in [1.807, 2.05) is 0 Å². The van der Waals surface area contributed by atoms with E-state index in [1.165, 1.54) is 6.07 Å². The summed E-state index contributed by atoms with van der Waals surface area (Å²) in [5, 5.41) is 18.2. The molecule has 0 aliphatic carbocycles. The summed E-state index contributed by atoms with van der Waals surface area (Å²) in [7, 11) is 0. The minimum Gasteiger partial charge on any atom is -0.306 e. The normalized spacial score (nSPS) is 17.6. The molecule has 14 heteroatoms. The molecule has 7 nitrogen and oxygen atoms in total. The van der Waals surface area contributed by atoms with Gasteiger partial charge in [-0.1, -0.05) is 48.0 Å². The highest BCUT2D eigenvalue weighted by Crippen LogP contribution is 2.40. The van der Waals surface area contributed by atoms with Gasteiger partial charge in [0.1, 0.15) is 5.56 Å². The maximum atomic E-state index is 13.2. The lowest BCUT2D eigenvalue weighted by molar-refractivity contribution is -0.388. The van der Waals surface area contributed by atoms with Crippen molar-refractivity contribution in [2.24, 2.45) is 5.10 Å². The lowest BCUT2D eigenvalue weighted by atomic mass is 9.76. The maximum Gasteiger partial charge on any atom is 0.423 e. The summed E-state index contributed by atoms with van der Waals surface area (Å²) in [5.74, 6) is 0. The Morgan fingerprint density at radius 3 is 2.18 bits per heavy atom. The largest absolute Gasteiger partial charge is 0.423 e. The quantitative estimate of drug-likeness (QED) is 0.200. The van der Waals surface area contributed by atoms with Crippen LogP contribution in [0.1, 0.15) is 29.2 Å². The van der Waals surface area contributed by atoms with Gasteiger partial charge in [0.15, 0.2) is 0 Å². The number of halogens is 7. The van der Waals surface area contributed by atoms with Crippen LogP contribution >= 0.6 is 11.6 Å². The number of carbonyl (C=O) groups excluding carboxylic acids is 1. The van der Waals surface area contributed by atoms with Crippen molar-refractivity contribution in [1.82, 2.24) is 5.01 Å². The molecule has 0 fully saturated rings. The molecule has 1 N–H and O–H groups in total. The number of alkyl halides is 6. The smallest absolute Gasteiger partial charge is 0.306 e. The molecule has 0 radical (unpaired) electrons. The average molecular weight is 571 g/mol. The molecule has 1 aliphatic heterocycles. The second kappa shape index (κ2) is 9.88. The maximum absolute atomic E-state index is 13.2. The van der Waals surface area contributed by atoms with E-state index >= 15 is 0 Å². The van der Waals surface area contributed by atoms with Gasteiger partial charge in [-0.3, -0.25) is 10.1 Å². The molecule has 39 heavy (non-hydrogen) atoms. The molecule has 204 valence electrons. The number of nitrogens with zero attached hydrogens (tertiary/aromatic N) is 3. The fraction of sp³-hybridized carbons (Fsp3) is 0.200. The molecule has 1 unspecified atom stereocenters. The number of nitro benzene ring substituents is 1. The number of nitro groups is 1. The summed E-state index contributed by atoms with van der Waals surface area (Å²) in [5.41, 5.74) is -4.03. The van der Waals surface area contributed by atoms with Crippen LogP contribution in [0.2, 0.25) is 5.02 Å². The third-order valence-electron chi connectivity index (χ3n) is 6.15. The predicted octanol–water partition coefficient (Wildman–Crippen LogP) is 7.50. The molecule has 0 aromatic heterocycles. The number of nitrogens with one attached hydrogen (secondary N) is 1. The fourth-order valence-corrected chi connectivity index (χ4v) is 4.54. The molecular formula is C25H17ClF6N4O3. The third kappa shape index (κ3) is 5.53. The van der Waals surface area contributed by atoms with Crippen molar-refractivity contribution < 1.29 is 36.1 Å². The van der Waals surface area contributed by atoms with Crippen molar-refractivity contribution >= 4 is 34.7 Å². The molecule has 0 saturated carbocycles. The summed E-state index contributed by atoms with van der Waals surface area (Å²) < 4.78 is 79.1. The van der Waals surface area contributed by atoms with Crippen LogP contribution in [0.3, 0.4) is 0 Å². The van der Waals surface area contributed by atoms with E-state index in [1.54, 1.807) is 37.3 Å². The zero-order valence-corrected chi connectivity index (χ0v) is 20.5. The minimum absolute atomic E-state index is 0.112. The SMILES string of the molecule is CC1(c2ccccc2)CN(C(=O)Nc2ccc(C(F)(F)F)c([N+](=O)[O-])c2)N=C1c1ccc(C(F)(F)F)c(Cl)c1. The average Bonchev–Trinajstić information content (AvgIpc) is 3.22. The minimum atomic E-state index is -4.99. The number of hydrogen-bond acceptors (Lipinski definition) is 4. The van der Waals surface area contributed by atoms with Crippen LogP contribution in [0.15, 0.2) is 71.8 Å². The zero-order valence-electron chi connectivity index (χ0n) is 19.8. The number of urea groups is 1. The van der Waals surface area contributed by atoms with Crippen molar-refractivity contribution in [2.75, 3.05) is 11.9 Å². The first-order chi connectivity index (χ1) is 18.1. The van der Waals surface area contributed by atoms with Gasteiger partial charge in [-0.05, 0) is 36.8 Å². The van der Waals surface area contributed by atoms with Gasteiger partial charge < -0.3 is 5.32 Å². The molecule has 2 amide bonds. The highest BCUT2D eigenvalue weighted by atomic mass is 35.5. The van der Waals surface area contributed by atoms with Crippen LogP contribution in [0.25, 0.3) is 0 Å². The van der Waals surface area contributed by atoms with Gasteiger partial charge in [0.2, 0.25) is 0 Å². The predicted molar refractivity (Wildman–Crippen MR) is 131 cm³/mol. The Morgan fingerprint density at radius 2 is 1.62 bits per heavy atom. The summed E-state index contributed by atoms with van der Waals surface area (Å²) in [4.78, 5) is 23.0. The fourth-order valence-electron chi connectivity index (χ4n) is 4.25. The number of hydrazone groups is 1. The summed E-state index contributed by atoms with van der Waals surface area (Å²) in [6.07, 6.45) is -9.68. The van der Waals surface area contributed by atoms with Gasteiger partial charge in [0.25, 0.3) is 5.69 Å². The van der Waals surface area contributed by atoms with Gasteiger partial charge >= 0.3 is 18.4 Å². The molecule has 4 rings (SSSR count). The number of benzene rings is 3. The number of anilines is 1. The van der Waals surface area contributed by atoms with E-state index < -0.39 is 50.6 Å². The topological polar surface area (TPSA) is 87.8 Å². The molecule has 0 bridgehead atoms. The van der Waals surface area contributed by atoms with Crippen LogP contribution in [0.4, 0.5) is 42.5 Å². The molecule has 0 spiro atoms. The third-order valence-corrected chi connectivity index (χ3v) is 6.47. The van der Waals surface area contributed by atoms with Crippen LogP contribution in [0.5, 0.6) is 0 Å². The van der Waals surface area contributed by atoms with E-state index in [2.05, 4.69) is 10.4 Å². The van der Waals surface area contributed by atoms with Gasteiger partial charge in [-0.2, -0.15) is 31.4 Å². The monoisotopic (exact) mass is 570 g/mol. The summed E-state index contributed by atoms with van der Waals surface area (Å²) >= 11 is 5.92. The number of rotatable bonds is 4. The lowest BCUT2D eigenvalue weighted by Crippen LogP contribution is -2.38. The van der Waals surface area contributed by atoms with Crippen molar-refractivity contribution in [3.05, 3.63) is 104 Å². The first-order valence-electron chi connectivity index (χ1n) is 11.1. The van der Waals surface area contributed by atoms with Crippen molar-refractivity contribution in [3.63, 3.8) is 0 Å². The van der Waals surface area contributed by atoms with E-state index in [0.717, 1.165) is 23.2 Å². The second-order valence-corrected chi connectivity index (χ2v) is 9.22. The van der Waals surface area contributed by atoms with E-state index in [0.29, 0.717) is 17.7 Å². The van der Waals surface area contributed by atoms with Crippen LogP contribution < -0.4 is 5.32 Å². The Bertz CT molecular complexity index is 1480. The Morgan fingerprint density at radius 1 is 1.00 bits per heavy atom. The first-order valence-corrected chi connectivity index (χ1v) is 11.4.